The molecule has 1 amide bonds. The first kappa shape index (κ1) is 17.7. The van der Waals surface area contributed by atoms with Crippen molar-refractivity contribution in [3.8, 4) is 5.75 Å². The van der Waals surface area contributed by atoms with Gasteiger partial charge in [0, 0.05) is 12.1 Å². The molecule has 6 nitrogen and oxygen atoms in total. The Morgan fingerprint density at radius 2 is 1.96 bits per heavy atom. The minimum atomic E-state index is -0.559. The number of carbonyl (C=O) groups excluding carboxylic acids is 1. The molecule has 1 unspecified atom stereocenters. The number of benzene rings is 2. The minimum absolute atomic E-state index is 0.0422. The van der Waals surface area contributed by atoms with Gasteiger partial charge < -0.3 is 10.1 Å². The highest BCUT2D eigenvalue weighted by Crippen LogP contribution is 2.24. The van der Waals surface area contributed by atoms with E-state index in [1.165, 1.54) is 12.1 Å². The maximum Gasteiger partial charge on any atom is 0.270 e. The molecule has 2 aromatic carbocycles. The fourth-order valence-electron chi connectivity index (χ4n) is 2.18. The number of amides is 1. The number of nitro benzene ring substituents is 1. The van der Waals surface area contributed by atoms with Crippen molar-refractivity contribution in [2.24, 2.45) is 0 Å². The van der Waals surface area contributed by atoms with Crippen LogP contribution in [0.5, 0.6) is 5.75 Å². The van der Waals surface area contributed by atoms with Crippen molar-refractivity contribution in [3.05, 3.63) is 68.7 Å². The number of halogens is 1. The highest BCUT2D eigenvalue weighted by Gasteiger charge is 2.17. The van der Waals surface area contributed by atoms with E-state index in [9.17, 15) is 14.9 Å². The molecule has 1 atom stereocenters. The van der Waals surface area contributed by atoms with Gasteiger partial charge in [-0.25, -0.2) is 0 Å². The number of nitro groups is 1. The van der Waals surface area contributed by atoms with Gasteiger partial charge in [0.05, 0.1) is 28.2 Å². The van der Waals surface area contributed by atoms with Crippen LogP contribution in [0.3, 0.4) is 0 Å². The Bertz CT molecular complexity index is 747. The zero-order valence-electron chi connectivity index (χ0n) is 13.3. The Balaban J connectivity index is 2.09. The average molecular weight is 349 g/mol. The van der Waals surface area contributed by atoms with Gasteiger partial charge in [-0.15, -0.1) is 0 Å². The molecule has 0 saturated carbocycles. The maximum atomic E-state index is 12.3. The third kappa shape index (κ3) is 4.23. The largest absolute Gasteiger partial charge is 0.494 e. The van der Waals surface area contributed by atoms with E-state index in [4.69, 9.17) is 16.3 Å². The minimum Gasteiger partial charge on any atom is -0.494 e. The quantitative estimate of drug-likeness (QED) is 0.628. The summed E-state index contributed by atoms with van der Waals surface area (Å²) in [6.07, 6.45) is 0. The molecule has 1 N–H and O–H groups in total. The third-order valence-electron chi connectivity index (χ3n) is 3.45. The molecule has 7 heteroatoms. The average Bonchev–Trinajstić information content (AvgIpc) is 2.55. The standard InChI is InChI=1S/C17H17ClN2O4/c1-3-24-14-7-4-12(5-8-14)11(2)19-17(21)15-9-6-13(20(22)23)10-16(15)18/h4-11H,3H2,1-2H3,(H,19,21). The fourth-order valence-corrected chi connectivity index (χ4v) is 2.44. The Kier molecular flexibility index (Phi) is 5.76. The Morgan fingerprint density at radius 3 is 2.50 bits per heavy atom. The molecule has 0 spiro atoms. The number of ether oxygens (including phenoxy) is 1. The van der Waals surface area contributed by atoms with Crippen LogP contribution in [0, 0.1) is 10.1 Å². The molecule has 0 aliphatic heterocycles. The lowest BCUT2D eigenvalue weighted by Crippen LogP contribution is -2.26. The normalized spacial score (nSPS) is 11.6. The predicted molar refractivity (Wildman–Crippen MR) is 91.6 cm³/mol. The number of hydrogen-bond acceptors (Lipinski definition) is 4. The Labute approximate surface area is 144 Å². The molecule has 0 heterocycles. The van der Waals surface area contributed by atoms with Crippen molar-refractivity contribution in [1.82, 2.24) is 5.32 Å². The van der Waals surface area contributed by atoms with Crippen LogP contribution in [0.4, 0.5) is 5.69 Å². The number of non-ortho nitro benzene ring substituents is 1. The first-order chi connectivity index (χ1) is 11.4. The van der Waals surface area contributed by atoms with E-state index in [2.05, 4.69) is 5.32 Å². The first-order valence-electron chi connectivity index (χ1n) is 7.40. The smallest absolute Gasteiger partial charge is 0.270 e. The van der Waals surface area contributed by atoms with Crippen molar-refractivity contribution in [3.63, 3.8) is 0 Å². The number of nitrogens with one attached hydrogen (secondary N) is 1. The van der Waals surface area contributed by atoms with E-state index in [1.54, 1.807) is 0 Å². The summed E-state index contributed by atoms with van der Waals surface area (Å²) in [6, 6.07) is 10.9. The lowest BCUT2D eigenvalue weighted by atomic mass is 10.1. The van der Waals surface area contributed by atoms with Crippen molar-refractivity contribution in [2.45, 2.75) is 19.9 Å². The van der Waals surface area contributed by atoms with Crippen LogP contribution in [-0.4, -0.2) is 17.4 Å². The first-order valence-corrected chi connectivity index (χ1v) is 7.77. The van der Waals surface area contributed by atoms with Gasteiger partial charge in [0.25, 0.3) is 11.6 Å². The Hall–Kier alpha value is -2.60. The van der Waals surface area contributed by atoms with Gasteiger partial charge in [-0.1, -0.05) is 23.7 Å². The maximum absolute atomic E-state index is 12.3. The van der Waals surface area contributed by atoms with Crippen LogP contribution < -0.4 is 10.1 Å². The van der Waals surface area contributed by atoms with Gasteiger partial charge in [-0.05, 0) is 37.6 Å². The molecule has 0 bridgehead atoms. The molecule has 24 heavy (non-hydrogen) atoms. The van der Waals surface area contributed by atoms with E-state index in [0.717, 1.165) is 17.4 Å². The molecular formula is C17H17ClN2O4. The number of nitrogens with zero attached hydrogens (tertiary/aromatic N) is 1. The molecule has 0 aliphatic carbocycles. The zero-order chi connectivity index (χ0) is 17.7. The van der Waals surface area contributed by atoms with E-state index in [-0.39, 0.29) is 22.3 Å². The SMILES string of the molecule is CCOc1ccc(C(C)NC(=O)c2ccc([N+](=O)[O-])cc2Cl)cc1. The second-order valence-corrected chi connectivity index (χ2v) is 5.53. The van der Waals surface area contributed by atoms with Gasteiger partial charge in [0.1, 0.15) is 5.75 Å². The van der Waals surface area contributed by atoms with Crippen LogP contribution in [0.15, 0.2) is 42.5 Å². The van der Waals surface area contributed by atoms with Crippen molar-refractivity contribution < 1.29 is 14.5 Å². The molecule has 0 radical (unpaired) electrons. The van der Waals surface area contributed by atoms with Gasteiger partial charge in [-0.2, -0.15) is 0 Å². The van der Waals surface area contributed by atoms with Crippen LogP contribution >= 0.6 is 11.6 Å². The van der Waals surface area contributed by atoms with Gasteiger partial charge >= 0.3 is 0 Å². The van der Waals surface area contributed by atoms with Crippen LogP contribution in [0.2, 0.25) is 5.02 Å². The number of carbonyl (C=O) groups is 1. The zero-order valence-corrected chi connectivity index (χ0v) is 14.0. The van der Waals surface area contributed by atoms with Gasteiger partial charge in [-0.3, -0.25) is 14.9 Å². The second-order valence-electron chi connectivity index (χ2n) is 5.12. The molecule has 0 fully saturated rings. The molecule has 0 saturated heterocycles. The molecule has 0 aromatic heterocycles. The predicted octanol–water partition coefficient (Wildman–Crippen LogP) is 4.14. The number of hydrogen-bond donors (Lipinski definition) is 1. The fraction of sp³-hybridized carbons (Fsp3) is 0.235. The topological polar surface area (TPSA) is 81.5 Å². The van der Waals surface area contributed by atoms with Crippen molar-refractivity contribution in [1.29, 1.82) is 0 Å². The number of rotatable bonds is 6. The van der Waals surface area contributed by atoms with Crippen LogP contribution in [0.1, 0.15) is 35.8 Å². The monoisotopic (exact) mass is 348 g/mol. The summed E-state index contributed by atoms with van der Waals surface area (Å²) in [7, 11) is 0. The van der Waals surface area contributed by atoms with Crippen molar-refractivity contribution >= 4 is 23.2 Å². The second kappa shape index (κ2) is 7.79. The summed E-state index contributed by atoms with van der Waals surface area (Å²) < 4.78 is 5.38. The highest BCUT2D eigenvalue weighted by atomic mass is 35.5. The summed E-state index contributed by atoms with van der Waals surface area (Å²) in [5.41, 5.74) is 0.945. The molecule has 2 aromatic rings. The van der Waals surface area contributed by atoms with E-state index >= 15 is 0 Å². The molecule has 0 aliphatic rings. The Morgan fingerprint density at radius 1 is 1.29 bits per heavy atom. The van der Waals surface area contributed by atoms with E-state index < -0.39 is 10.8 Å². The summed E-state index contributed by atoms with van der Waals surface area (Å²) in [5.74, 6) is 0.370. The van der Waals surface area contributed by atoms with Crippen LogP contribution in [0.25, 0.3) is 0 Å². The summed E-state index contributed by atoms with van der Waals surface area (Å²) in [6.45, 7) is 4.34. The summed E-state index contributed by atoms with van der Waals surface area (Å²) in [5, 5.41) is 13.6. The summed E-state index contributed by atoms with van der Waals surface area (Å²) in [4.78, 5) is 22.5. The molecular weight excluding hydrogens is 332 g/mol. The lowest BCUT2D eigenvalue weighted by Gasteiger charge is -2.15. The molecule has 2 rings (SSSR count). The van der Waals surface area contributed by atoms with Crippen molar-refractivity contribution in [2.75, 3.05) is 6.61 Å². The lowest BCUT2D eigenvalue weighted by molar-refractivity contribution is -0.384. The van der Waals surface area contributed by atoms with Crippen LogP contribution in [-0.2, 0) is 0 Å². The van der Waals surface area contributed by atoms with Gasteiger partial charge in [0.15, 0.2) is 0 Å². The molecule has 126 valence electrons. The van der Waals surface area contributed by atoms with Gasteiger partial charge in [0.2, 0.25) is 0 Å². The highest BCUT2D eigenvalue weighted by molar-refractivity contribution is 6.34. The van der Waals surface area contributed by atoms with E-state index in [0.29, 0.717) is 6.61 Å². The summed E-state index contributed by atoms with van der Waals surface area (Å²) >= 11 is 5.97. The third-order valence-corrected chi connectivity index (χ3v) is 3.76. The van der Waals surface area contributed by atoms with E-state index in [1.807, 2.05) is 38.1 Å².